The van der Waals surface area contributed by atoms with Gasteiger partial charge in [0.15, 0.2) is 0 Å². The lowest BCUT2D eigenvalue weighted by molar-refractivity contribution is -0.148. The number of carbonyl (C=O) groups is 1. The highest BCUT2D eigenvalue weighted by Crippen LogP contribution is 2.35. The van der Waals surface area contributed by atoms with Crippen molar-refractivity contribution in [2.45, 2.75) is 31.6 Å². The Morgan fingerprint density at radius 1 is 1.13 bits per heavy atom. The molecule has 0 spiro atoms. The van der Waals surface area contributed by atoms with Gasteiger partial charge in [0, 0.05) is 34.7 Å². The van der Waals surface area contributed by atoms with Gasteiger partial charge in [0.2, 0.25) is 0 Å². The lowest BCUT2D eigenvalue weighted by Crippen LogP contribution is -2.51. The van der Waals surface area contributed by atoms with Crippen molar-refractivity contribution in [1.29, 1.82) is 0 Å². The van der Waals surface area contributed by atoms with Crippen molar-refractivity contribution in [3.8, 4) is 5.75 Å². The molecule has 8 heteroatoms. The number of hydrogen-bond acceptors (Lipinski definition) is 4. The number of nitrogens with zero attached hydrogens (tertiary/aromatic N) is 1. The van der Waals surface area contributed by atoms with Gasteiger partial charge in [0.1, 0.15) is 12.4 Å². The molecule has 2 fully saturated rings. The molecule has 0 radical (unpaired) electrons. The summed E-state index contributed by atoms with van der Waals surface area (Å²) in [6.07, 6.45) is 1.46. The Balaban J connectivity index is 0.00000256. The van der Waals surface area contributed by atoms with Gasteiger partial charge < -0.3 is 14.6 Å². The lowest BCUT2D eigenvalue weighted by atomic mass is 9.79. The SMILES string of the molecule is Cl.O=C(O)C1CC(N2CCOC(c3ccc(OCc4c(Cl)cccc4Cl)cc3)C2)C1. The second-order valence-corrected chi connectivity index (χ2v) is 8.39. The number of carboxylic acids is 1. The lowest BCUT2D eigenvalue weighted by Gasteiger charge is -2.44. The van der Waals surface area contributed by atoms with E-state index in [1.807, 2.05) is 30.3 Å². The Morgan fingerprint density at radius 3 is 2.43 bits per heavy atom. The molecule has 162 valence electrons. The van der Waals surface area contributed by atoms with Crippen molar-refractivity contribution in [1.82, 2.24) is 4.90 Å². The minimum Gasteiger partial charge on any atom is -0.489 e. The molecule has 1 saturated heterocycles. The van der Waals surface area contributed by atoms with Crippen molar-refractivity contribution in [2.24, 2.45) is 5.92 Å². The van der Waals surface area contributed by atoms with E-state index in [9.17, 15) is 4.79 Å². The summed E-state index contributed by atoms with van der Waals surface area (Å²) in [6, 6.07) is 13.6. The van der Waals surface area contributed by atoms with Crippen LogP contribution in [0.3, 0.4) is 0 Å². The number of benzene rings is 2. The van der Waals surface area contributed by atoms with E-state index in [-0.39, 0.29) is 24.4 Å². The third-order valence-corrected chi connectivity index (χ3v) is 6.48. The Kier molecular flexibility index (Phi) is 7.88. The Bertz CT molecular complexity index is 851. The van der Waals surface area contributed by atoms with E-state index in [1.165, 1.54) is 0 Å². The van der Waals surface area contributed by atoms with Gasteiger partial charge in [-0.15, -0.1) is 12.4 Å². The van der Waals surface area contributed by atoms with Crippen LogP contribution in [0.5, 0.6) is 5.75 Å². The van der Waals surface area contributed by atoms with Crippen LogP contribution in [0.4, 0.5) is 0 Å². The standard InChI is InChI=1S/C22H23Cl2NO4.ClH/c23-19-2-1-3-20(24)18(19)13-29-17-6-4-14(5-7-17)21-12-25(8-9-28-21)16-10-15(11-16)22(26)27;/h1-7,15-16,21H,8-13H2,(H,26,27);1H. The zero-order valence-corrected chi connectivity index (χ0v) is 18.6. The van der Waals surface area contributed by atoms with Gasteiger partial charge >= 0.3 is 5.97 Å². The molecule has 2 aliphatic rings. The second kappa shape index (κ2) is 10.2. The van der Waals surface area contributed by atoms with Crippen molar-refractivity contribution in [3.05, 3.63) is 63.6 Å². The van der Waals surface area contributed by atoms with E-state index >= 15 is 0 Å². The van der Waals surface area contributed by atoms with Crippen LogP contribution in [0.15, 0.2) is 42.5 Å². The molecule has 1 aliphatic carbocycles. The number of carboxylic acid groups (broad SMARTS) is 1. The van der Waals surface area contributed by atoms with Gasteiger partial charge in [-0.25, -0.2) is 0 Å². The molecular weight excluding hydrogens is 449 g/mol. The Morgan fingerprint density at radius 2 is 1.80 bits per heavy atom. The summed E-state index contributed by atoms with van der Waals surface area (Å²) in [5.41, 5.74) is 1.86. The molecule has 1 aliphatic heterocycles. The topological polar surface area (TPSA) is 59.0 Å². The third-order valence-electron chi connectivity index (χ3n) is 5.77. The van der Waals surface area contributed by atoms with Gasteiger partial charge in [0.05, 0.1) is 18.6 Å². The number of hydrogen-bond donors (Lipinski definition) is 1. The number of ether oxygens (including phenoxy) is 2. The number of morpholine rings is 1. The maximum absolute atomic E-state index is 11.0. The first kappa shape index (κ1) is 23.2. The molecule has 1 saturated carbocycles. The smallest absolute Gasteiger partial charge is 0.306 e. The number of aliphatic carboxylic acids is 1. The first-order valence-corrected chi connectivity index (χ1v) is 10.5. The predicted octanol–water partition coefficient (Wildman–Crippen LogP) is 5.23. The van der Waals surface area contributed by atoms with E-state index in [4.69, 9.17) is 37.8 Å². The fraction of sp³-hybridized carbons (Fsp3) is 0.409. The van der Waals surface area contributed by atoms with Crippen molar-refractivity contribution >= 4 is 41.6 Å². The van der Waals surface area contributed by atoms with Crippen LogP contribution >= 0.6 is 35.6 Å². The molecular formula is C22H24Cl3NO4. The third kappa shape index (κ3) is 5.21. The van der Waals surface area contributed by atoms with Crippen molar-refractivity contribution in [3.63, 3.8) is 0 Å². The normalized spacial score (nSPS) is 23.9. The molecule has 1 unspecified atom stereocenters. The van der Waals surface area contributed by atoms with Crippen LogP contribution in [0.2, 0.25) is 10.0 Å². The molecule has 0 amide bonds. The van der Waals surface area contributed by atoms with E-state index in [0.29, 0.717) is 29.3 Å². The Hall–Kier alpha value is -1.50. The van der Waals surface area contributed by atoms with Gasteiger partial charge in [0.25, 0.3) is 0 Å². The zero-order valence-electron chi connectivity index (χ0n) is 16.3. The van der Waals surface area contributed by atoms with Crippen molar-refractivity contribution in [2.75, 3.05) is 19.7 Å². The second-order valence-electron chi connectivity index (χ2n) is 7.57. The fourth-order valence-electron chi connectivity index (χ4n) is 3.89. The average Bonchev–Trinajstić information content (AvgIpc) is 2.67. The average molecular weight is 473 g/mol. The maximum atomic E-state index is 11.0. The highest BCUT2D eigenvalue weighted by Gasteiger charge is 2.39. The van der Waals surface area contributed by atoms with Gasteiger partial charge in [-0.05, 0) is 42.7 Å². The van der Waals surface area contributed by atoms with Crippen LogP contribution in [0.25, 0.3) is 0 Å². The summed E-state index contributed by atoms with van der Waals surface area (Å²) in [4.78, 5) is 13.4. The Labute approximate surface area is 192 Å². The molecule has 1 N–H and O–H groups in total. The van der Waals surface area contributed by atoms with E-state index in [0.717, 1.165) is 42.8 Å². The van der Waals surface area contributed by atoms with E-state index in [2.05, 4.69) is 4.90 Å². The summed E-state index contributed by atoms with van der Waals surface area (Å²) in [5.74, 6) is -0.134. The molecule has 1 heterocycles. The molecule has 1 atom stereocenters. The first-order chi connectivity index (χ1) is 14.0. The first-order valence-electron chi connectivity index (χ1n) is 9.75. The van der Waals surface area contributed by atoms with Crippen LogP contribution in [-0.2, 0) is 16.1 Å². The molecule has 2 aromatic rings. The van der Waals surface area contributed by atoms with Gasteiger partial charge in [-0.2, -0.15) is 0 Å². The van der Waals surface area contributed by atoms with Crippen molar-refractivity contribution < 1.29 is 19.4 Å². The highest BCUT2D eigenvalue weighted by molar-refractivity contribution is 6.35. The number of rotatable bonds is 6. The van der Waals surface area contributed by atoms with Crippen LogP contribution in [0.1, 0.15) is 30.1 Å². The van der Waals surface area contributed by atoms with Crippen LogP contribution in [0, 0.1) is 5.92 Å². The fourth-order valence-corrected chi connectivity index (χ4v) is 4.40. The van der Waals surface area contributed by atoms with Gasteiger partial charge in [-0.1, -0.05) is 41.4 Å². The summed E-state index contributed by atoms with van der Waals surface area (Å²) in [6.45, 7) is 2.60. The minimum absolute atomic E-state index is 0. The quantitative estimate of drug-likeness (QED) is 0.624. The van der Waals surface area contributed by atoms with Crippen LogP contribution in [-0.4, -0.2) is 41.7 Å². The largest absolute Gasteiger partial charge is 0.489 e. The minimum atomic E-state index is -0.681. The summed E-state index contributed by atoms with van der Waals surface area (Å²) >= 11 is 12.4. The van der Waals surface area contributed by atoms with Crippen LogP contribution < -0.4 is 4.74 Å². The highest BCUT2D eigenvalue weighted by atomic mass is 35.5. The summed E-state index contributed by atoms with van der Waals surface area (Å²) in [5, 5.41) is 10.3. The maximum Gasteiger partial charge on any atom is 0.306 e. The summed E-state index contributed by atoms with van der Waals surface area (Å²) < 4.78 is 11.8. The van der Waals surface area contributed by atoms with Gasteiger partial charge in [-0.3, -0.25) is 9.69 Å². The monoisotopic (exact) mass is 471 g/mol. The number of halogens is 3. The molecule has 0 aromatic heterocycles. The molecule has 5 nitrogen and oxygen atoms in total. The summed E-state index contributed by atoms with van der Waals surface area (Å²) in [7, 11) is 0. The zero-order chi connectivity index (χ0) is 20.4. The molecule has 2 aromatic carbocycles. The molecule has 4 rings (SSSR count). The van der Waals surface area contributed by atoms with E-state index < -0.39 is 5.97 Å². The molecule has 30 heavy (non-hydrogen) atoms. The van der Waals surface area contributed by atoms with E-state index in [1.54, 1.807) is 12.1 Å². The molecule has 0 bridgehead atoms. The predicted molar refractivity (Wildman–Crippen MR) is 119 cm³/mol.